The number of benzene rings is 1. The first-order valence-corrected chi connectivity index (χ1v) is 24.1. The Morgan fingerprint density at radius 1 is 0.952 bits per heavy atom. The van der Waals surface area contributed by atoms with Gasteiger partial charge in [-0.1, -0.05) is 51.2 Å². The number of thiazole rings is 1. The Morgan fingerprint density at radius 2 is 1.67 bits per heavy atom. The molecule has 4 fully saturated rings. The smallest absolute Gasteiger partial charge is 0.355 e. The molecular formula is C48H66BN9O3S2. The summed E-state index contributed by atoms with van der Waals surface area (Å²) in [6.07, 6.45) is 14.9. The van der Waals surface area contributed by atoms with Gasteiger partial charge in [-0.3, -0.25) is 4.68 Å². The second kappa shape index (κ2) is 19.2. The number of carbonyl (C=O) groups is 1. The van der Waals surface area contributed by atoms with Crippen molar-refractivity contribution in [3.8, 4) is 11.1 Å². The molecule has 10 rings (SSSR count). The fourth-order valence-electron chi connectivity index (χ4n) is 13.1. The van der Waals surface area contributed by atoms with Crippen molar-refractivity contribution in [2.75, 3.05) is 50.6 Å². The van der Waals surface area contributed by atoms with Crippen LogP contribution >= 0.6 is 23.8 Å². The van der Waals surface area contributed by atoms with E-state index < -0.39 is 5.97 Å². The number of nitrogens with one attached hydrogen (secondary N) is 1. The molecule has 4 aliphatic carbocycles. The molecule has 5 aliphatic rings. The Morgan fingerprint density at radius 3 is 2.38 bits per heavy atom. The van der Waals surface area contributed by atoms with Crippen LogP contribution in [0.1, 0.15) is 119 Å². The van der Waals surface area contributed by atoms with Crippen LogP contribution in [0.5, 0.6) is 0 Å². The molecule has 0 spiro atoms. The minimum atomic E-state index is -1.06. The number of ether oxygens (including phenoxy) is 1. The van der Waals surface area contributed by atoms with Crippen LogP contribution in [0.3, 0.4) is 0 Å². The average Bonchev–Trinajstić information content (AvgIpc) is 3.83. The van der Waals surface area contributed by atoms with Gasteiger partial charge < -0.3 is 25.0 Å². The largest absolute Gasteiger partial charge is 0.476 e. The number of aromatic nitrogens is 6. The molecule has 2 unspecified atom stereocenters. The van der Waals surface area contributed by atoms with E-state index in [2.05, 4.69) is 85.5 Å². The van der Waals surface area contributed by atoms with Crippen molar-refractivity contribution in [2.45, 2.75) is 119 Å². The summed E-state index contributed by atoms with van der Waals surface area (Å²) in [6, 6.07) is 11.9. The van der Waals surface area contributed by atoms with Gasteiger partial charge in [0.25, 0.3) is 0 Å². The van der Waals surface area contributed by atoms with Crippen molar-refractivity contribution >= 4 is 69.7 Å². The molecule has 5 aromatic rings. The number of pyridine rings is 1. The lowest BCUT2D eigenvalue weighted by atomic mass is 9.35. The van der Waals surface area contributed by atoms with Crippen molar-refractivity contribution in [3.05, 3.63) is 65.1 Å². The number of hydrogen-bond donors (Lipinski definition) is 3. The number of nitrogens with zero attached hydrogens (tertiary/aromatic N) is 8. The molecule has 5 heterocycles. The van der Waals surface area contributed by atoms with Crippen LogP contribution in [0.15, 0.2) is 42.6 Å². The summed E-state index contributed by atoms with van der Waals surface area (Å²) in [5, 5.41) is 29.1. The number of fused-ring (bicyclic) bond motifs is 2. The molecular weight excluding hydrogens is 826 g/mol. The predicted molar refractivity (Wildman–Crippen MR) is 260 cm³/mol. The van der Waals surface area contributed by atoms with E-state index >= 15 is 0 Å². The number of anilines is 4. The molecule has 12 nitrogen and oxygen atoms in total. The highest BCUT2D eigenvalue weighted by Gasteiger charge is 2.65. The Kier molecular flexibility index (Phi) is 14.3. The standard InChI is InChI=1S/C46H59N9O3S.C2H6.BHS/c1-30-32-12-9-20-54(40(32)52-51-39(30)50-42-48-35-13-7-8-14-36(35)59-42)37-16-15-33(38(49-37)41(56)57)34-22-47-55(31(34)2)29-46-26-43(3)23-44(4,27-46)25-45(24-43,28-46)17-10-18-53(5)19-11-21-58-6;2*1-2/h7-8,13-16,22H,9-12,17-21,23-29H2,1-6H3,(H,56,57)(H,48,50,51);1-2H3;2H. The zero-order valence-electron chi connectivity index (χ0n) is 38.6. The maximum Gasteiger partial charge on any atom is 0.355 e. The van der Waals surface area contributed by atoms with E-state index in [0.29, 0.717) is 45.8 Å². The van der Waals surface area contributed by atoms with Crippen LogP contribution in [0.4, 0.5) is 22.6 Å². The van der Waals surface area contributed by atoms with Crippen molar-refractivity contribution in [1.82, 2.24) is 34.8 Å². The third-order valence-electron chi connectivity index (χ3n) is 14.1. The highest BCUT2D eigenvalue weighted by Crippen LogP contribution is 2.75. The Hall–Kier alpha value is -4.05. The van der Waals surface area contributed by atoms with Crippen LogP contribution in [0, 0.1) is 35.5 Å². The lowest BCUT2D eigenvalue weighted by Gasteiger charge is -2.70. The second-order valence-electron chi connectivity index (χ2n) is 19.4. The zero-order chi connectivity index (χ0) is 45.2. The lowest BCUT2D eigenvalue weighted by Crippen LogP contribution is -2.60. The highest BCUT2D eigenvalue weighted by atomic mass is 32.1. The van der Waals surface area contributed by atoms with Crippen LogP contribution < -0.4 is 10.2 Å². The summed E-state index contributed by atoms with van der Waals surface area (Å²) in [5.41, 5.74) is 6.72. The van der Waals surface area contributed by atoms with E-state index in [4.69, 9.17) is 19.8 Å². The quantitative estimate of drug-likeness (QED) is 0.0527. The minimum absolute atomic E-state index is 0.0250. The van der Waals surface area contributed by atoms with E-state index in [0.717, 1.165) is 83.2 Å². The molecule has 1 aliphatic heterocycles. The van der Waals surface area contributed by atoms with Crippen molar-refractivity contribution in [2.24, 2.45) is 21.7 Å². The highest BCUT2D eigenvalue weighted by molar-refractivity contribution is 8.03. The molecule has 336 valence electrons. The number of thiol groups is 1. The van der Waals surface area contributed by atoms with Gasteiger partial charge in [-0.15, -0.1) is 10.2 Å². The molecule has 4 saturated carbocycles. The van der Waals surface area contributed by atoms with Gasteiger partial charge in [0.1, 0.15) is 5.82 Å². The third kappa shape index (κ3) is 9.67. The number of methoxy groups -OCH3 is 1. The van der Waals surface area contributed by atoms with Gasteiger partial charge in [0, 0.05) is 61.3 Å². The van der Waals surface area contributed by atoms with E-state index in [1.165, 1.54) is 51.4 Å². The van der Waals surface area contributed by atoms with Gasteiger partial charge in [0.2, 0.25) is 0 Å². The summed E-state index contributed by atoms with van der Waals surface area (Å²) in [4.78, 5) is 27.0. The number of rotatable bonds is 15. The Bertz CT molecular complexity index is 2350. The minimum Gasteiger partial charge on any atom is -0.476 e. The van der Waals surface area contributed by atoms with Crippen LogP contribution in [-0.2, 0) is 17.7 Å². The molecule has 63 heavy (non-hydrogen) atoms. The molecule has 4 aromatic heterocycles. The summed E-state index contributed by atoms with van der Waals surface area (Å²) in [6.45, 7) is 17.8. The maximum absolute atomic E-state index is 13.0. The molecule has 0 saturated heterocycles. The van der Waals surface area contributed by atoms with Gasteiger partial charge >= 0.3 is 5.97 Å². The first-order chi connectivity index (χ1) is 30.3. The summed E-state index contributed by atoms with van der Waals surface area (Å²) in [7, 11) is 8.22. The van der Waals surface area contributed by atoms with Crippen LogP contribution in [-0.4, -0.2) is 93.4 Å². The van der Waals surface area contributed by atoms with E-state index in [9.17, 15) is 9.90 Å². The maximum atomic E-state index is 13.0. The lowest BCUT2D eigenvalue weighted by molar-refractivity contribution is -0.198. The molecule has 4 bridgehead atoms. The van der Waals surface area contributed by atoms with E-state index in [1.54, 1.807) is 18.4 Å². The van der Waals surface area contributed by atoms with E-state index in [-0.39, 0.29) is 11.1 Å². The van der Waals surface area contributed by atoms with Crippen LogP contribution in [0.25, 0.3) is 21.3 Å². The molecule has 2 radical (unpaired) electrons. The van der Waals surface area contributed by atoms with Gasteiger partial charge in [0.05, 0.1) is 16.4 Å². The second-order valence-corrected chi connectivity index (χ2v) is 20.5. The molecule has 0 amide bonds. The summed E-state index contributed by atoms with van der Waals surface area (Å²) in [5.74, 6) is 0.890. The number of carboxylic acid groups (broad SMARTS) is 1. The topological polar surface area (TPSA) is 134 Å². The van der Waals surface area contributed by atoms with Crippen molar-refractivity contribution in [3.63, 3.8) is 0 Å². The third-order valence-corrected chi connectivity index (χ3v) is 15.0. The van der Waals surface area contributed by atoms with Gasteiger partial charge in [-0.05, 0) is 144 Å². The van der Waals surface area contributed by atoms with Crippen molar-refractivity contribution in [1.29, 1.82) is 0 Å². The molecule has 2 N–H and O–H groups in total. The fourth-order valence-corrected chi connectivity index (χ4v) is 13.9. The summed E-state index contributed by atoms with van der Waals surface area (Å²) < 4.78 is 8.58. The zero-order valence-corrected chi connectivity index (χ0v) is 40.3. The Labute approximate surface area is 384 Å². The fraction of sp³-hybridized carbons (Fsp3) is 0.583. The van der Waals surface area contributed by atoms with Crippen LogP contribution in [0.2, 0.25) is 0 Å². The number of carboxylic acids is 1. The first-order valence-electron chi connectivity index (χ1n) is 22.8. The van der Waals surface area contributed by atoms with E-state index in [1.807, 2.05) is 55.3 Å². The Balaban J connectivity index is 0.00000145. The van der Waals surface area contributed by atoms with Gasteiger partial charge in [0.15, 0.2) is 29.6 Å². The molecule has 15 heteroatoms. The number of hydrogen-bond acceptors (Lipinski definition) is 12. The van der Waals surface area contributed by atoms with Gasteiger partial charge in [-0.2, -0.15) is 5.10 Å². The summed E-state index contributed by atoms with van der Waals surface area (Å²) >= 11 is 4.61. The van der Waals surface area contributed by atoms with Crippen molar-refractivity contribution < 1.29 is 14.6 Å². The predicted octanol–water partition coefficient (Wildman–Crippen LogP) is 10.6. The number of para-hydroxylation sites is 1. The normalized spacial score (nSPS) is 24.4. The molecule has 2 atom stereocenters. The average molecular weight is 892 g/mol. The molecule has 1 aromatic carbocycles. The SMILES string of the molecule is CC.COCCCN(C)CCCC12CC3(C)CC(C)(C1)CC(Cn1ncc(-c4ccc(N5CCCc6c5nnc(Nc5nc7ccccc7s5)c6C)nc4C(=O)O)c1C)(C3)C2.[B]S. The first kappa shape index (κ1) is 46.9. The number of aromatic carboxylic acids is 1. The van der Waals surface area contributed by atoms with Gasteiger partial charge in [-0.25, -0.2) is 27.2 Å². The monoisotopic (exact) mass is 891 g/mol.